The second kappa shape index (κ2) is 10.2. The van der Waals surface area contributed by atoms with Crippen molar-refractivity contribution in [3.63, 3.8) is 0 Å². The number of nitrogens with zero attached hydrogens (tertiary/aromatic N) is 3. The number of para-hydroxylation sites is 1. The fourth-order valence-electron chi connectivity index (χ4n) is 5.07. The Morgan fingerprint density at radius 3 is 2.58 bits per heavy atom. The van der Waals surface area contributed by atoms with E-state index in [4.69, 9.17) is 4.98 Å². The van der Waals surface area contributed by atoms with Gasteiger partial charge in [-0.25, -0.2) is 4.98 Å². The summed E-state index contributed by atoms with van der Waals surface area (Å²) in [5.74, 6) is 0.189. The molecule has 5 nitrogen and oxygen atoms in total. The van der Waals surface area contributed by atoms with Crippen molar-refractivity contribution < 1.29 is 4.79 Å². The van der Waals surface area contributed by atoms with Crippen molar-refractivity contribution in [2.24, 2.45) is 0 Å². The van der Waals surface area contributed by atoms with Crippen LogP contribution < -0.4 is 10.5 Å². The quantitative estimate of drug-likeness (QED) is 0.217. The largest absolute Gasteiger partial charge is 0.309 e. The van der Waals surface area contributed by atoms with Crippen molar-refractivity contribution in [1.29, 1.82) is 0 Å². The second-order valence-corrected chi connectivity index (χ2v) is 11.7. The minimum Gasteiger partial charge on any atom is -0.309 e. The summed E-state index contributed by atoms with van der Waals surface area (Å²) in [5, 5.41) is 1.33. The highest BCUT2D eigenvalue weighted by Crippen LogP contribution is 2.35. The third kappa shape index (κ3) is 4.62. The summed E-state index contributed by atoms with van der Waals surface area (Å²) >= 11 is 2.99. The molecule has 0 saturated carbocycles. The molecule has 0 aliphatic heterocycles. The van der Waals surface area contributed by atoms with Crippen molar-refractivity contribution in [3.8, 4) is 5.69 Å². The predicted molar refractivity (Wildman–Crippen MR) is 151 cm³/mol. The number of amides is 1. The number of thioether (sulfide) groups is 1. The van der Waals surface area contributed by atoms with Crippen LogP contribution in [0.5, 0.6) is 0 Å². The van der Waals surface area contributed by atoms with Crippen molar-refractivity contribution in [1.82, 2.24) is 9.55 Å². The summed E-state index contributed by atoms with van der Waals surface area (Å²) in [6.45, 7) is 8.11. The minimum absolute atomic E-state index is 0.00630. The van der Waals surface area contributed by atoms with E-state index in [1.54, 1.807) is 15.9 Å². The summed E-state index contributed by atoms with van der Waals surface area (Å²) in [5.41, 5.74) is 5.02. The predicted octanol–water partition coefficient (Wildman–Crippen LogP) is 6.48. The molecule has 0 bridgehead atoms. The van der Waals surface area contributed by atoms with Crippen molar-refractivity contribution in [3.05, 3.63) is 80.5 Å². The van der Waals surface area contributed by atoms with Gasteiger partial charge in [-0.2, -0.15) is 0 Å². The van der Waals surface area contributed by atoms with Crippen LogP contribution in [0.4, 0.5) is 5.69 Å². The number of rotatable bonds is 6. The van der Waals surface area contributed by atoms with E-state index in [-0.39, 0.29) is 23.3 Å². The van der Waals surface area contributed by atoms with Crippen molar-refractivity contribution in [2.75, 3.05) is 10.7 Å². The molecule has 0 N–H and O–H groups in total. The van der Waals surface area contributed by atoms with Crippen LogP contribution >= 0.6 is 23.1 Å². The zero-order valence-electron chi connectivity index (χ0n) is 21.2. The van der Waals surface area contributed by atoms with Gasteiger partial charge in [0, 0.05) is 16.6 Å². The standard InChI is InChI=1S/C29H31N3O2S2/c1-18(2)31(21-10-6-5-7-11-21)25(33)17-35-29-30-27-26(22-12-8-9-13-24(22)36-27)28(34)32(29)23-15-14-19(3)16-20(23)4/h5-7,10-11,14-16,18H,8-9,12-13,17H2,1-4H3. The summed E-state index contributed by atoms with van der Waals surface area (Å²) in [6.07, 6.45) is 4.22. The highest BCUT2D eigenvalue weighted by molar-refractivity contribution is 7.99. The molecule has 1 aliphatic carbocycles. The van der Waals surface area contributed by atoms with Crippen LogP contribution in [0, 0.1) is 13.8 Å². The number of thiophene rings is 1. The van der Waals surface area contributed by atoms with E-state index in [9.17, 15) is 9.59 Å². The Bertz CT molecular complexity index is 1490. The number of anilines is 1. The molecule has 36 heavy (non-hydrogen) atoms. The summed E-state index contributed by atoms with van der Waals surface area (Å²) in [7, 11) is 0. The Morgan fingerprint density at radius 1 is 1.11 bits per heavy atom. The lowest BCUT2D eigenvalue weighted by atomic mass is 9.97. The first kappa shape index (κ1) is 24.8. The molecule has 1 amide bonds. The van der Waals surface area contributed by atoms with Gasteiger partial charge in [-0.05, 0) is 82.7 Å². The molecule has 186 valence electrons. The lowest BCUT2D eigenvalue weighted by molar-refractivity contribution is -0.116. The summed E-state index contributed by atoms with van der Waals surface area (Å²) in [6, 6.07) is 15.9. The maximum absolute atomic E-state index is 14.0. The molecule has 0 unspecified atom stereocenters. The van der Waals surface area contributed by atoms with E-state index in [0.29, 0.717) is 5.16 Å². The van der Waals surface area contributed by atoms with Gasteiger partial charge in [-0.3, -0.25) is 14.2 Å². The second-order valence-electron chi connectivity index (χ2n) is 9.70. The molecule has 2 aromatic carbocycles. The molecule has 2 heterocycles. The van der Waals surface area contributed by atoms with Gasteiger partial charge in [0.25, 0.3) is 5.56 Å². The molecule has 0 radical (unpaired) electrons. The smallest absolute Gasteiger partial charge is 0.267 e. The van der Waals surface area contributed by atoms with Gasteiger partial charge >= 0.3 is 0 Å². The lowest BCUT2D eigenvalue weighted by Gasteiger charge is -2.27. The van der Waals surface area contributed by atoms with Gasteiger partial charge in [0.2, 0.25) is 5.91 Å². The van der Waals surface area contributed by atoms with Gasteiger partial charge in [-0.1, -0.05) is 47.7 Å². The van der Waals surface area contributed by atoms with E-state index >= 15 is 0 Å². The average Bonchev–Trinajstić information content (AvgIpc) is 3.23. The fraction of sp³-hybridized carbons (Fsp3) is 0.345. The van der Waals surface area contributed by atoms with E-state index in [2.05, 4.69) is 13.0 Å². The van der Waals surface area contributed by atoms with Crippen LogP contribution in [0.3, 0.4) is 0 Å². The Hall–Kier alpha value is -2.90. The first-order chi connectivity index (χ1) is 17.3. The molecule has 4 aromatic rings. The van der Waals surface area contributed by atoms with Crippen molar-refractivity contribution >= 4 is 44.9 Å². The third-order valence-electron chi connectivity index (χ3n) is 6.70. The average molecular weight is 518 g/mol. The highest BCUT2D eigenvalue weighted by atomic mass is 32.2. The molecule has 0 fully saturated rings. The Morgan fingerprint density at radius 2 is 1.86 bits per heavy atom. The molecule has 1 aliphatic rings. The van der Waals surface area contributed by atoms with Crippen LogP contribution in [-0.4, -0.2) is 27.3 Å². The molecular weight excluding hydrogens is 486 g/mol. The van der Waals surface area contributed by atoms with Gasteiger partial charge in [0.1, 0.15) is 4.83 Å². The highest BCUT2D eigenvalue weighted by Gasteiger charge is 2.25. The van der Waals surface area contributed by atoms with E-state index in [1.165, 1.54) is 22.2 Å². The Labute approximate surface area is 220 Å². The maximum atomic E-state index is 14.0. The van der Waals surface area contributed by atoms with E-state index < -0.39 is 0 Å². The van der Waals surface area contributed by atoms with Gasteiger partial charge < -0.3 is 4.90 Å². The first-order valence-corrected chi connectivity index (χ1v) is 14.3. The number of hydrogen-bond acceptors (Lipinski definition) is 5. The summed E-state index contributed by atoms with van der Waals surface area (Å²) in [4.78, 5) is 36.4. The number of fused-ring (bicyclic) bond motifs is 3. The number of benzene rings is 2. The zero-order valence-corrected chi connectivity index (χ0v) is 22.8. The lowest BCUT2D eigenvalue weighted by Crippen LogP contribution is -2.38. The normalized spacial score (nSPS) is 13.2. The maximum Gasteiger partial charge on any atom is 0.267 e. The molecular formula is C29H31N3O2S2. The number of carbonyl (C=O) groups excluding carboxylic acids is 1. The van der Waals surface area contributed by atoms with Crippen LogP contribution in [0.1, 0.15) is 48.3 Å². The zero-order chi connectivity index (χ0) is 25.4. The molecule has 0 atom stereocenters. The minimum atomic E-state index is -0.0231. The van der Waals surface area contributed by atoms with Gasteiger partial charge in [0.05, 0.1) is 16.8 Å². The third-order valence-corrected chi connectivity index (χ3v) is 8.80. The molecule has 5 rings (SSSR count). The molecule has 0 spiro atoms. The molecule has 0 saturated heterocycles. The topological polar surface area (TPSA) is 55.2 Å². The van der Waals surface area contributed by atoms with Crippen LogP contribution in [-0.2, 0) is 17.6 Å². The number of carbonyl (C=O) groups is 1. The van der Waals surface area contributed by atoms with Crippen LogP contribution in [0.2, 0.25) is 0 Å². The van der Waals surface area contributed by atoms with Crippen LogP contribution in [0.15, 0.2) is 58.5 Å². The van der Waals surface area contributed by atoms with Crippen molar-refractivity contribution in [2.45, 2.75) is 64.6 Å². The first-order valence-electron chi connectivity index (χ1n) is 12.5. The molecule has 2 aromatic heterocycles. The Kier molecular flexibility index (Phi) is 7.04. The van der Waals surface area contributed by atoms with Crippen LogP contribution in [0.25, 0.3) is 15.9 Å². The number of aromatic nitrogens is 2. The number of hydrogen-bond donors (Lipinski definition) is 0. The van der Waals surface area contributed by atoms with Gasteiger partial charge in [-0.15, -0.1) is 11.3 Å². The van der Waals surface area contributed by atoms with E-state index in [0.717, 1.165) is 58.4 Å². The molecule has 7 heteroatoms. The Balaban J connectivity index is 1.59. The van der Waals surface area contributed by atoms with Gasteiger partial charge in [0.15, 0.2) is 5.16 Å². The summed E-state index contributed by atoms with van der Waals surface area (Å²) < 4.78 is 1.74. The van der Waals surface area contributed by atoms with E-state index in [1.807, 2.05) is 68.1 Å². The fourth-order valence-corrected chi connectivity index (χ4v) is 7.23. The SMILES string of the molecule is Cc1ccc(-n2c(SCC(=O)N(c3ccccc3)C(C)C)nc3sc4c(c3c2=O)CCCC4)c(C)c1. The number of aryl methyl sites for hydroxylation is 4. The monoisotopic (exact) mass is 517 g/mol.